The Hall–Kier alpha value is -1.84. The molecule has 3 aliphatic rings. The van der Waals surface area contributed by atoms with Crippen molar-refractivity contribution >= 4 is 52.5 Å². The Morgan fingerprint density at radius 1 is 1.19 bits per heavy atom. The van der Waals surface area contributed by atoms with E-state index in [4.69, 9.17) is 34.8 Å². The molecule has 5 rings (SSSR count). The fourth-order valence-corrected chi connectivity index (χ4v) is 6.52. The highest BCUT2D eigenvalue weighted by Gasteiger charge is 2.48. The van der Waals surface area contributed by atoms with Gasteiger partial charge in [0.1, 0.15) is 11.1 Å². The highest BCUT2D eigenvalue weighted by Crippen LogP contribution is 2.40. The van der Waals surface area contributed by atoms with Crippen LogP contribution in [0.25, 0.3) is 0 Å². The molecule has 1 aromatic carbocycles. The maximum atomic E-state index is 12.3. The van der Waals surface area contributed by atoms with Gasteiger partial charge in [0.25, 0.3) is 0 Å². The highest BCUT2D eigenvalue weighted by molar-refractivity contribution is 6.35. The number of aliphatic hydroxyl groups excluding tert-OH is 1. The Morgan fingerprint density at radius 3 is 2.61 bits per heavy atom. The van der Waals surface area contributed by atoms with Crippen LogP contribution in [0.5, 0.6) is 0 Å². The molecular weight excluding hydrogens is 525 g/mol. The lowest BCUT2D eigenvalue weighted by molar-refractivity contribution is -0.154. The smallest absolute Gasteiger partial charge is 0.321 e. The zero-order valence-corrected chi connectivity index (χ0v) is 22.2. The van der Waals surface area contributed by atoms with Gasteiger partial charge >= 0.3 is 5.97 Å². The Balaban J connectivity index is 1.25. The van der Waals surface area contributed by atoms with Crippen molar-refractivity contribution in [2.24, 2.45) is 11.8 Å². The maximum Gasteiger partial charge on any atom is 0.321 e. The van der Waals surface area contributed by atoms with Crippen LogP contribution in [0.1, 0.15) is 44.2 Å². The van der Waals surface area contributed by atoms with Gasteiger partial charge in [0, 0.05) is 29.2 Å². The first kappa shape index (κ1) is 25.8. The average Bonchev–Trinajstić information content (AvgIpc) is 2.77. The molecule has 3 N–H and O–H groups in total. The third kappa shape index (κ3) is 5.11. The van der Waals surface area contributed by atoms with Crippen LogP contribution >= 0.6 is 34.8 Å². The number of nitrogens with zero attached hydrogens (tertiary/aromatic N) is 4. The SMILES string of the molecule is C[C@@H](Nc1nc(N2CC(C3CCCN([C@H]4C[C@@H](O)C4)C3C(=O)O)C2)ncc1Cl)c1ccc(Cl)cc1Cl. The van der Waals surface area contributed by atoms with Crippen molar-refractivity contribution in [2.75, 3.05) is 29.9 Å². The Bertz CT molecular complexity index is 1130. The first-order valence-corrected chi connectivity index (χ1v) is 13.5. The highest BCUT2D eigenvalue weighted by atomic mass is 35.5. The summed E-state index contributed by atoms with van der Waals surface area (Å²) in [7, 11) is 0. The van der Waals surface area contributed by atoms with E-state index in [9.17, 15) is 15.0 Å². The van der Waals surface area contributed by atoms with Crippen LogP contribution in [0.3, 0.4) is 0 Å². The van der Waals surface area contributed by atoms with E-state index in [1.165, 1.54) is 0 Å². The van der Waals surface area contributed by atoms with E-state index in [1.807, 2.05) is 13.0 Å². The van der Waals surface area contributed by atoms with E-state index in [1.54, 1.807) is 18.3 Å². The number of carboxylic acids is 1. The average molecular weight is 555 g/mol. The van der Waals surface area contributed by atoms with Crippen molar-refractivity contribution in [3.8, 4) is 0 Å². The van der Waals surface area contributed by atoms with Crippen molar-refractivity contribution in [3.05, 3.63) is 45.0 Å². The monoisotopic (exact) mass is 553 g/mol. The molecule has 11 heteroatoms. The number of piperidine rings is 1. The summed E-state index contributed by atoms with van der Waals surface area (Å²) < 4.78 is 0. The molecular formula is C25H30Cl3N5O3. The lowest BCUT2D eigenvalue weighted by Crippen LogP contribution is -2.63. The van der Waals surface area contributed by atoms with Gasteiger partial charge < -0.3 is 20.4 Å². The van der Waals surface area contributed by atoms with E-state index in [-0.39, 0.29) is 30.0 Å². The zero-order valence-electron chi connectivity index (χ0n) is 19.9. The predicted molar refractivity (Wildman–Crippen MR) is 141 cm³/mol. The number of halogens is 3. The molecule has 0 amide bonds. The summed E-state index contributed by atoms with van der Waals surface area (Å²) in [6, 6.07) is 4.87. The number of aliphatic hydroxyl groups is 1. The fourth-order valence-electron chi connectivity index (χ4n) is 5.80. The molecule has 36 heavy (non-hydrogen) atoms. The number of carbonyl (C=O) groups is 1. The summed E-state index contributed by atoms with van der Waals surface area (Å²) in [6.45, 7) is 4.16. The quantitative estimate of drug-likeness (QED) is 0.451. The third-order valence-electron chi connectivity index (χ3n) is 7.84. The molecule has 2 saturated heterocycles. The Kier molecular flexibility index (Phi) is 7.52. The summed E-state index contributed by atoms with van der Waals surface area (Å²) in [6.07, 6.45) is 4.50. The molecule has 0 spiro atoms. The summed E-state index contributed by atoms with van der Waals surface area (Å²) in [5.74, 6) is 0.640. The number of likely N-dealkylation sites (tertiary alicyclic amines) is 1. The minimum Gasteiger partial charge on any atom is -0.480 e. The second-order valence-electron chi connectivity index (χ2n) is 10.2. The summed E-state index contributed by atoms with van der Waals surface area (Å²) in [4.78, 5) is 25.5. The minimum atomic E-state index is -0.761. The van der Waals surface area contributed by atoms with Gasteiger partial charge in [-0.05, 0) is 68.7 Å². The second-order valence-corrected chi connectivity index (χ2v) is 11.4. The van der Waals surface area contributed by atoms with Crippen molar-refractivity contribution < 1.29 is 15.0 Å². The van der Waals surface area contributed by atoms with E-state index in [2.05, 4.69) is 25.1 Å². The molecule has 194 valence electrons. The molecule has 2 aromatic rings. The van der Waals surface area contributed by atoms with E-state index >= 15 is 0 Å². The summed E-state index contributed by atoms with van der Waals surface area (Å²) in [5, 5.41) is 24.7. The van der Waals surface area contributed by atoms with Gasteiger partial charge in [-0.15, -0.1) is 0 Å². The first-order valence-electron chi connectivity index (χ1n) is 12.4. The molecule has 3 heterocycles. The molecule has 0 bridgehead atoms. The van der Waals surface area contributed by atoms with Crippen LogP contribution in [-0.2, 0) is 4.79 Å². The van der Waals surface area contributed by atoms with E-state index < -0.39 is 12.0 Å². The molecule has 2 aliphatic heterocycles. The predicted octanol–water partition coefficient (Wildman–Crippen LogP) is 4.73. The summed E-state index contributed by atoms with van der Waals surface area (Å²) in [5.41, 5.74) is 0.877. The number of carboxylic acid groups (broad SMARTS) is 1. The zero-order chi connectivity index (χ0) is 25.6. The largest absolute Gasteiger partial charge is 0.480 e. The van der Waals surface area contributed by atoms with Gasteiger partial charge in [0.15, 0.2) is 5.82 Å². The fraction of sp³-hybridized carbons (Fsp3) is 0.560. The third-order valence-corrected chi connectivity index (χ3v) is 8.68. The van der Waals surface area contributed by atoms with Crippen LogP contribution < -0.4 is 10.2 Å². The van der Waals surface area contributed by atoms with Crippen molar-refractivity contribution in [1.82, 2.24) is 14.9 Å². The molecule has 8 nitrogen and oxygen atoms in total. The van der Waals surface area contributed by atoms with Gasteiger partial charge in [0.05, 0.1) is 18.3 Å². The van der Waals surface area contributed by atoms with Gasteiger partial charge in [0.2, 0.25) is 5.95 Å². The normalized spacial score (nSPS) is 27.8. The molecule has 2 unspecified atom stereocenters. The molecule has 0 radical (unpaired) electrons. The Morgan fingerprint density at radius 2 is 1.94 bits per heavy atom. The standard InChI is InChI=1S/C25H30Cl3N5O3/c1-13(18-5-4-15(26)7-20(18)27)30-23-21(28)10-29-25(31-23)32-11-14(12-32)19-3-2-6-33(22(19)24(35)36)16-8-17(34)9-16/h4-5,7,10,13-14,16-17,19,22,34H,2-3,6,8-9,11-12H2,1H3,(H,35,36)(H,29,30,31)/t13-,16-,17+,19?,22?/m1/s1. The van der Waals surface area contributed by atoms with Crippen LogP contribution in [0.15, 0.2) is 24.4 Å². The summed E-state index contributed by atoms with van der Waals surface area (Å²) >= 11 is 18.8. The first-order chi connectivity index (χ1) is 17.2. The number of nitrogens with one attached hydrogen (secondary N) is 1. The maximum absolute atomic E-state index is 12.3. The number of rotatable bonds is 7. The second kappa shape index (κ2) is 10.5. The molecule has 3 fully saturated rings. The number of benzene rings is 1. The van der Waals surface area contributed by atoms with Crippen molar-refractivity contribution in [1.29, 1.82) is 0 Å². The van der Waals surface area contributed by atoms with Crippen molar-refractivity contribution in [2.45, 2.75) is 56.8 Å². The molecule has 1 aliphatic carbocycles. The Labute approximate surface area is 225 Å². The van der Waals surface area contributed by atoms with Crippen LogP contribution in [0.2, 0.25) is 15.1 Å². The van der Waals surface area contributed by atoms with Crippen LogP contribution in [0.4, 0.5) is 11.8 Å². The number of hydrogen-bond acceptors (Lipinski definition) is 7. The van der Waals surface area contributed by atoms with Crippen LogP contribution in [-0.4, -0.2) is 68.9 Å². The topological polar surface area (TPSA) is 102 Å². The lowest BCUT2D eigenvalue weighted by Gasteiger charge is -2.52. The number of hydrogen-bond donors (Lipinski definition) is 3. The number of aromatic nitrogens is 2. The van der Waals surface area contributed by atoms with E-state index in [0.29, 0.717) is 52.8 Å². The number of aliphatic carboxylic acids is 1. The minimum absolute atomic E-state index is 0.0715. The number of anilines is 2. The van der Waals surface area contributed by atoms with E-state index in [0.717, 1.165) is 24.9 Å². The van der Waals surface area contributed by atoms with Gasteiger partial charge in [-0.25, -0.2) is 4.98 Å². The van der Waals surface area contributed by atoms with Gasteiger partial charge in [-0.2, -0.15) is 4.98 Å². The molecule has 1 aromatic heterocycles. The van der Waals surface area contributed by atoms with Gasteiger partial charge in [-0.3, -0.25) is 9.69 Å². The lowest BCUT2D eigenvalue weighted by atomic mass is 9.73. The van der Waals surface area contributed by atoms with Crippen LogP contribution in [0, 0.1) is 11.8 Å². The molecule has 3 atom stereocenters. The van der Waals surface area contributed by atoms with Crippen molar-refractivity contribution in [3.63, 3.8) is 0 Å². The van der Waals surface area contributed by atoms with Gasteiger partial charge in [-0.1, -0.05) is 40.9 Å². The molecule has 1 saturated carbocycles.